The van der Waals surface area contributed by atoms with Crippen molar-refractivity contribution in [2.24, 2.45) is 5.92 Å². The van der Waals surface area contributed by atoms with Gasteiger partial charge in [-0.2, -0.15) is 0 Å². The second-order valence-corrected chi connectivity index (χ2v) is 8.07. The third kappa shape index (κ3) is 5.43. The van der Waals surface area contributed by atoms with Gasteiger partial charge in [0.1, 0.15) is 5.75 Å². The van der Waals surface area contributed by atoms with Crippen molar-refractivity contribution >= 4 is 10.0 Å². The van der Waals surface area contributed by atoms with Crippen LogP contribution in [0.3, 0.4) is 0 Å². The lowest BCUT2D eigenvalue weighted by Crippen LogP contribution is -2.36. The van der Waals surface area contributed by atoms with Gasteiger partial charge in [-0.15, -0.1) is 13.2 Å². The third-order valence-electron chi connectivity index (χ3n) is 4.43. The van der Waals surface area contributed by atoms with Gasteiger partial charge in [-0.25, -0.2) is 13.1 Å². The molecule has 1 N–H and O–H groups in total. The fraction of sp³-hybridized carbons (Fsp3) is 0.389. The van der Waals surface area contributed by atoms with E-state index in [0.717, 1.165) is 29.8 Å². The highest BCUT2D eigenvalue weighted by Crippen LogP contribution is 2.31. The van der Waals surface area contributed by atoms with E-state index < -0.39 is 28.2 Å². The molecule has 1 saturated heterocycles. The van der Waals surface area contributed by atoms with Crippen LogP contribution in [0, 0.1) is 5.92 Å². The molecule has 6 nitrogen and oxygen atoms in total. The van der Waals surface area contributed by atoms with Crippen LogP contribution in [-0.4, -0.2) is 33.0 Å². The molecule has 10 heteroatoms. The minimum Gasteiger partial charge on any atom is -0.406 e. The zero-order chi connectivity index (χ0) is 20.2. The highest BCUT2D eigenvalue weighted by Gasteiger charge is 2.32. The van der Waals surface area contributed by atoms with Gasteiger partial charge in [0.2, 0.25) is 10.0 Å². The number of halogens is 3. The quantitative estimate of drug-likeness (QED) is 0.781. The normalized spacial score (nSPS) is 17.2. The average Bonchev–Trinajstić information content (AvgIpc) is 2.67. The molecule has 1 atom stereocenters. The number of benzene rings is 1. The fourth-order valence-electron chi connectivity index (χ4n) is 3.10. The number of nitrogens with zero attached hydrogens (tertiary/aromatic N) is 1. The summed E-state index contributed by atoms with van der Waals surface area (Å²) in [4.78, 5) is 3.91. The Morgan fingerprint density at radius 1 is 1.14 bits per heavy atom. The van der Waals surface area contributed by atoms with Crippen molar-refractivity contribution in [3.63, 3.8) is 0 Å². The van der Waals surface area contributed by atoms with Crippen LogP contribution in [0.2, 0.25) is 0 Å². The molecule has 0 saturated carbocycles. The topological polar surface area (TPSA) is 77.5 Å². The summed E-state index contributed by atoms with van der Waals surface area (Å²) in [5.74, 6) is -0.472. The molecule has 1 aliphatic rings. The van der Waals surface area contributed by atoms with Crippen molar-refractivity contribution in [3.05, 3.63) is 54.4 Å². The first kappa shape index (κ1) is 20.6. The molecule has 0 aliphatic carbocycles. The summed E-state index contributed by atoms with van der Waals surface area (Å²) in [7, 11) is -3.97. The molecule has 1 aromatic heterocycles. The van der Waals surface area contributed by atoms with Gasteiger partial charge in [0.05, 0.1) is 10.9 Å². The molecular formula is C18H19F3N2O4S. The summed E-state index contributed by atoms with van der Waals surface area (Å²) in [5.41, 5.74) is 0.718. The Labute approximate surface area is 160 Å². The zero-order valence-electron chi connectivity index (χ0n) is 14.7. The molecule has 0 unspecified atom stereocenters. The molecule has 0 amide bonds. The second-order valence-electron chi connectivity index (χ2n) is 6.35. The predicted molar refractivity (Wildman–Crippen MR) is 94.0 cm³/mol. The van der Waals surface area contributed by atoms with Gasteiger partial charge in [-0.3, -0.25) is 4.98 Å². The monoisotopic (exact) mass is 416 g/mol. The van der Waals surface area contributed by atoms with Gasteiger partial charge in [-0.05, 0) is 54.7 Å². The molecule has 1 aromatic carbocycles. The van der Waals surface area contributed by atoms with E-state index in [0.29, 0.717) is 26.1 Å². The number of hydrogen-bond donors (Lipinski definition) is 1. The van der Waals surface area contributed by atoms with Crippen LogP contribution in [0.1, 0.15) is 24.4 Å². The number of alkyl halides is 3. The van der Waals surface area contributed by atoms with Crippen molar-refractivity contribution in [1.82, 2.24) is 9.71 Å². The van der Waals surface area contributed by atoms with Crippen LogP contribution in [-0.2, 0) is 14.8 Å². The third-order valence-corrected chi connectivity index (χ3v) is 5.89. The van der Waals surface area contributed by atoms with Crippen LogP contribution in [0.25, 0.3) is 0 Å². The van der Waals surface area contributed by atoms with Crippen LogP contribution in [0.5, 0.6) is 5.75 Å². The molecule has 0 bridgehead atoms. The summed E-state index contributed by atoms with van der Waals surface area (Å²) < 4.78 is 74.3. The fourth-order valence-corrected chi connectivity index (χ4v) is 4.39. The van der Waals surface area contributed by atoms with Crippen molar-refractivity contribution < 1.29 is 31.1 Å². The Bertz CT molecular complexity index is 868. The SMILES string of the molecule is O=S(=O)(N[C@@H](c1cccnc1)C1CCOCC1)c1ccc(OC(F)(F)F)cc1. The Hall–Kier alpha value is -2.17. The number of nitrogens with one attached hydrogen (secondary N) is 1. The maximum Gasteiger partial charge on any atom is 0.573 e. The Morgan fingerprint density at radius 2 is 1.82 bits per heavy atom. The van der Waals surface area contributed by atoms with Crippen molar-refractivity contribution in [2.45, 2.75) is 30.1 Å². The van der Waals surface area contributed by atoms with Crippen LogP contribution in [0.15, 0.2) is 53.7 Å². The molecule has 3 rings (SSSR count). The number of rotatable bonds is 6. The van der Waals surface area contributed by atoms with Crippen LogP contribution < -0.4 is 9.46 Å². The average molecular weight is 416 g/mol. The standard InChI is InChI=1S/C18H19F3N2O4S/c19-18(20,21)27-15-3-5-16(6-4-15)28(24,25)23-17(13-7-10-26-11-8-13)14-2-1-9-22-12-14/h1-6,9,12-13,17,23H,7-8,10-11H2/t17-/m1/s1. The van der Waals surface area contributed by atoms with Crippen LogP contribution >= 0.6 is 0 Å². The van der Waals surface area contributed by atoms with E-state index in [-0.39, 0.29) is 10.8 Å². The maximum atomic E-state index is 12.8. The van der Waals surface area contributed by atoms with Crippen molar-refractivity contribution in [2.75, 3.05) is 13.2 Å². The Morgan fingerprint density at radius 3 is 2.39 bits per heavy atom. The van der Waals surface area contributed by atoms with Crippen molar-refractivity contribution in [1.29, 1.82) is 0 Å². The van der Waals surface area contributed by atoms with Gasteiger partial charge < -0.3 is 9.47 Å². The highest BCUT2D eigenvalue weighted by atomic mass is 32.2. The predicted octanol–water partition coefficient (Wildman–Crippen LogP) is 3.43. The largest absolute Gasteiger partial charge is 0.573 e. The first-order valence-electron chi connectivity index (χ1n) is 8.60. The van der Waals surface area contributed by atoms with E-state index in [4.69, 9.17) is 4.74 Å². The molecule has 0 radical (unpaired) electrons. The Kier molecular flexibility index (Phi) is 6.21. The Balaban J connectivity index is 1.82. The molecule has 0 spiro atoms. The molecule has 1 aliphatic heterocycles. The molecule has 2 aromatic rings. The lowest BCUT2D eigenvalue weighted by atomic mass is 9.88. The van der Waals surface area contributed by atoms with E-state index in [1.54, 1.807) is 24.5 Å². The minimum atomic E-state index is -4.84. The molecule has 2 heterocycles. The van der Waals surface area contributed by atoms with E-state index in [2.05, 4.69) is 14.4 Å². The van der Waals surface area contributed by atoms with E-state index in [1.807, 2.05) is 0 Å². The van der Waals surface area contributed by atoms with Gasteiger partial charge in [0.25, 0.3) is 0 Å². The smallest absolute Gasteiger partial charge is 0.406 e. The molecule has 1 fully saturated rings. The number of hydrogen-bond acceptors (Lipinski definition) is 5. The van der Waals surface area contributed by atoms with Gasteiger partial charge in [0, 0.05) is 25.6 Å². The first-order chi connectivity index (χ1) is 13.2. The summed E-state index contributed by atoms with van der Waals surface area (Å²) in [6.07, 6.45) is -0.282. The van der Waals surface area contributed by atoms with E-state index in [1.165, 1.54) is 0 Å². The summed E-state index contributed by atoms with van der Waals surface area (Å²) in [5, 5.41) is 0. The molecule has 152 valence electrons. The summed E-state index contributed by atoms with van der Waals surface area (Å²) in [6, 6.07) is 7.08. The number of sulfonamides is 1. The number of aromatic nitrogens is 1. The zero-order valence-corrected chi connectivity index (χ0v) is 15.5. The van der Waals surface area contributed by atoms with E-state index in [9.17, 15) is 21.6 Å². The summed E-state index contributed by atoms with van der Waals surface area (Å²) in [6.45, 7) is 1.07. The maximum absolute atomic E-state index is 12.8. The summed E-state index contributed by atoms with van der Waals surface area (Å²) >= 11 is 0. The highest BCUT2D eigenvalue weighted by molar-refractivity contribution is 7.89. The van der Waals surface area contributed by atoms with Gasteiger partial charge in [0.15, 0.2) is 0 Å². The van der Waals surface area contributed by atoms with Gasteiger partial charge >= 0.3 is 6.36 Å². The second kappa shape index (κ2) is 8.46. The first-order valence-corrected chi connectivity index (χ1v) is 10.1. The minimum absolute atomic E-state index is 0.0144. The lowest BCUT2D eigenvalue weighted by Gasteiger charge is -2.31. The lowest BCUT2D eigenvalue weighted by molar-refractivity contribution is -0.274. The van der Waals surface area contributed by atoms with E-state index >= 15 is 0 Å². The number of pyridine rings is 1. The number of ether oxygens (including phenoxy) is 2. The van der Waals surface area contributed by atoms with Gasteiger partial charge in [-0.1, -0.05) is 6.07 Å². The van der Waals surface area contributed by atoms with Crippen LogP contribution in [0.4, 0.5) is 13.2 Å². The molecular weight excluding hydrogens is 397 g/mol. The molecule has 28 heavy (non-hydrogen) atoms. The van der Waals surface area contributed by atoms with Crippen molar-refractivity contribution in [3.8, 4) is 5.75 Å².